The van der Waals surface area contributed by atoms with E-state index in [-0.39, 0.29) is 24.0 Å². The molecule has 0 spiro atoms. The van der Waals surface area contributed by atoms with E-state index in [1.54, 1.807) is 11.1 Å². The van der Waals surface area contributed by atoms with Gasteiger partial charge in [-0.25, -0.2) is 4.79 Å². The molecule has 3 aliphatic heterocycles. The maximum absolute atomic E-state index is 12.8. The number of likely N-dealkylation sites (tertiary alicyclic amines) is 1. The number of rotatable bonds is 4. The van der Waals surface area contributed by atoms with Gasteiger partial charge in [0.1, 0.15) is 11.9 Å². The van der Waals surface area contributed by atoms with Crippen molar-refractivity contribution < 1.29 is 19.1 Å². The minimum atomic E-state index is -0.130. The molecular formula is C25H30N4O4. The largest absolute Gasteiger partial charge is 0.489 e. The number of nitrogens with zero attached hydrogens (tertiary/aromatic N) is 3. The van der Waals surface area contributed by atoms with Crippen LogP contribution in [0.25, 0.3) is 0 Å². The van der Waals surface area contributed by atoms with Crippen LogP contribution >= 0.6 is 0 Å². The van der Waals surface area contributed by atoms with Gasteiger partial charge in [0.2, 0.25) is 5.91 Å². The number of hydrogen-bond donors (Lipinski definition) is 1. The molecule has 8 nitrogen and oxygen atoms in total. The zero-order valence-electron chi connectivity index (χ0n) is 18.7. The number of carbonyl (C=O) groups excluding carboxylic acids is 2. The van der Waals surface area contributed by atoms with Crippen LogP contribution in [0.1, 0.15) is 36.8 Å². The Kier molecular flexibility index (Phi) is 6.44. The van der Waals surface area contributed by atoms with E-state index < -0.39 is 0 Å². The van der Waals surface area contributed by atoms with Gasteiger partial charge < -0.3 is 24.6 Å². The molecular weight excluding hydrogens is 420 g/mol. The summed E-state index contributed by atoms with van der Waals surface area (Å²) < 4.78 is 11.6. The third-order valence-corrected chi connectivity index (χ3v) is 6.68. The molecule has 0 bridgehead atoms. The molecule has 1 N–H and O–H groups in total. The quantitative estimate of drug-likeness (QED) is 0.772. The highest BCUT2D eigenvalue weighted by Crippen LogP contribution is 2.25. The maximum atomic E-state index is 12.8. The lowest BCUT2D eigenvalue weighted by atomic mass is 9.97. The Morgan fingerprint density at radius 1 is 1.00 bits per heavy atom. The van der Waals surface area contributed by atoms with E-state index in [1.807, 2.05) is 41.4 Å². The van der Waals surface area contributed by atoms with Gasteiger partial charge in [-0.05, 0) is 67.1 Å². The topological polar surface area (TPSA) is 84.0 Å². The SMILES string of the molecule is O=C(Nc1ccc(OC2CCCN(C(=O)C3CCOCC3)C2)cc1)N1Cc2ccncc2C1. The minimum absolute atomic E-state index is 0.0142. The predicted octanol–water partition coefficient (Wildman–Crippen LogP) is 3.43. The molecule has 33 heavy (non-hydrogen) atoms. The van der Waals surface area contributed by atoms with Crippen molar-refractivity contribution in [2.45, 2.75) is 44.9 Å². The van der Waals surface area contributed by atoms with Gasteiger partial charge in [-0.1, -0.05) is 0 Å². The maximum Gasteiger partial charge on any atom is 0.322 e. The fourth-order valence-corrected chi connectivity index (χ4v) is 4.81. The fourth-order valence-electron chi connectivity index (χ4n) is 4.81. The first-order valence-corrected chi connectivity index (χ1v) is 11.8. The van der Waals surface area contributed by atoms with Crippen LogP contribution in [0, 0.1) is 5.92 Å². The zero-order valence-corrected chi connectivity index (χ0v) is 18.7. The van der Waals surface area contributed by atoms with Crippen LogP contribution in [0.4, 0.5) is 10.5 Å². The number of amides is 3. The Morgan fingerprint density at radius 2 is 1.79 bits per heavy atom. The average molecular weight is 451 g/mol. The summed E-state index contributed by atoms with van der Waals surface area (Å²) in [4.78, 5) is 33.3. The van der Waals surface area contributed by atoms with Crippen molar-refractivity contribution in [3.63, 3.8) is 0 Å². The number of pyridine rings is 1. The lowest BCUT2D eigenvalue weighted by molar-refractivity contribution is -0.141. The standard InChI is InChI=1S/C25H30N4O4/c30-24(18-8-12-32-13-9-18)28-11-1-2-23(17-28)33-22-5-3-21(4-6-22)27-25(31)29-15-19-7-10-26-14-20(19)16-29/h3-7,10,14,18,23H,1-2,8-9,11-13,15-17H2,(H,27,31). The minimum Gasteiger partial charge on any atom is -0.489 e. The van der Waals surface area contributed by atoms with Crippen LogP contribution in [-0.4, -0.2) is 59.1 Å². The molecule has 1 aromatic carbocycles. The van der Waals surface area contributed by atoms with Crippen LogP contribution in [0.15, 0.2) is 42.7 Å². The highest BCUT2D eigenvalue weighted by molar-refractivity contribution is 5.89. The first-order valence-electron chi connectivity index (χ1n) is 11.8. The van der Waals surface area contributed by atoms with Crippen LogP contribution < -0.4 is 10.1 Å². The second kappa shape index (κ2) is 9.79. The Balaban J connectivity index is 1.12. The molecule has 0 radical (unpaired) electrons. The predicted molar refractivity (Wildman–Crippen MR) is 123 cm³/mol. The van der Waals surface area contributed by atoms with Gasteiger partial charge in [0, 0.05) is 56.8 Å². The Hall–Kier alpha value is -3.13. The molecule has 1 aromatic heterocycles. The number of fused-ring (bicyclic) bond motifs is 1. The summed E-state index contributed by atoms with van der Waals surface area (Å²) >= 11 is 0. The highest BCUT2D eigenvalue weighted by atomic mass is 16.5. The zero-order chi connectivity index (χ0) is 22.6. The number of carbonyl (C=O) groups is 2. The van der Waals surface area contributed by atoms with Gasteiger partial charge in [-0.3, -0.25) is 9.78 Å². The molecule has 3 amide bonds. The lowest BCUT2D eigenvalue weighted by Gasteiger charge is -2.35. The second-order valence-corrected chi connectivity index (χ2v) is 9.01. The molecule has 1 atom stereocenters. The van der Waals surface area contributed by atoms with Crippen molar-refractivity contribution in [2.75, 3.05) is 31.6 Å². The molecule has 1 unspecified atom stereocenters. The summed E-state index contributed by atoms with van der Waals surface area (Å²) in [6, 6.07) is 9.28. The van der Waals surface area contributed by atoms with Gasteiger partial charge in [-0.2, -0.15) is 0 Å². The van der Waals surface area contributed by atoms with E-state index >= 15 is 0 Å². The van der Waals surface area contributed by atoms with Crippen molar-refractivity contribution in [1.82, 2.24) is 14.8 Å². The number of ether oxygens (including phenoxy) is 2. The number of urea groups is 1. The van der Waals surface area contributed by atoms with Gasteiger partial charge in [0.25, 0.3) is 0 Å². The van der Waals surface area contributed by atoms with E-state index in [0.717, 1.165) is 54.8 Å². The van der Waals surface area contributed by atoms with Crippen LogP contribution in [0.2, 0.25) is 0 Å². The summed E-state index contributed by atoms with van der Waals surface area (Å²) in [6.45, 7) is 3.94. The molecule has 0 saturated carbocycles. The Labute approximate surface area is 193 Å². The average Bonchev–Trinajstić information content (AvgIpc) is 3.30. The Bertz CT molecular complexity index is 965. The van der Waals surface area contributed by atoms with Crippen LogP contribution in [0.5, 0.6) is 5.75 Å². The molecule has 4 heterocycles. The van der Waals surface area contributed by atoms with Gasteiger partial charge in [-0.15, -0.1) is 0 Å². The summed E-state index contributed by atoms with van der Waals surface area (Å²) in [7, 11) is 0. The van der Waals surface area contributed by atoms with E-state index in [0.29, 0.717) is 32.8 Å². The third-order valence-electron chi connectivity index (χ3n) is 6.68. The smallest absolute Gasteiger partial charge is 0.322 e. The van der Waals surface area contributed by atoms with E-state index in [1.165, 1.54) is 0 Å². The molecule has 8 heteroatoms. The molecule has 2 aromatic rings. The Morgan fingerprint density at radius 3 is 2.58 bits per heavy atom. The summed E-state index contributed by atoms with van der Waals surface area (Å²) in [5, 5.41) is 2.96. The normalized spacial score (nSPS) is 20.9. The fraction of sp³-hybridized carbons (Fsp3) is 0.480. The number of benzene rings is 1. The number of anilines is 1. The number of nitrogens with one attached hydrogen (secondary N) is 1. The van der Waals surface area contributed by atoms with E-state index in [9.17, 15) is 9.59 Å². The summed E-state index contributed by atoms with van der Waals surface area (Å²) in [6.07, 6.45) is 7.06. The molecule has 2 saturated heterocycles. The monoisotopic (exact) mass is 450 g/mol. The third kappa shape index (κ3) is 5.11. The van der Waals surface area contributed by atoms with Crippen molar-refractivity contribution >= 4 is 17.6 Å². The van der Waals surface area contributed by atoms with Crippen molar-refractivity contribution in [1.29, 1.82) is 0 Å². The van der Waals surface area contributed by atoms with Crippen molar-refractivity contribution in [3.8, 4) is 5.75 Å². The van der Waals surface area contributed by atoms with Crippen LogP contribution in [0.3, 0.4) is 0 Å². The van der Waals surface area contributed by atoms with Crippen molar-refractivity contribution in [2.24, 2.45) is 5.92 Å². The summed E-state index contributed by atoms with van der Waals surface area (Å²) in [5.74, 6) is 1.07. The first-order chi connectivity index (χ1) is 16.2. The van der Waals surface area contributed by atoms with Gasteiger partial charge in [0.15, 0.2) is 0 Å². The molecule has 3 aliphatic rings. The van der Waals surface area contributed by atoms with Crippen molar-refractivity contribution in [3.05, 3.63) is 53.9 Å². The van der Waals surface area contributed by atoms with Gasteiger partial charge in [0.05, 0.1) is 6.54 Å². The van der Waals surface area contributed by atoms with Gasteiger partial charge >= 0.3 is 6.03 Å². The molecule has 0 aliphatic carbocycles. The highest BCUT2D eigenvalue weighted by Gasteiger charge is 2.31. The van der Waals surface area contributed by atoms with Crippen LogP contribution in [-0.2, 0) is 22.6 Å². The molecule has 2 fully saturated rings. The lowest BCUT2D eigenvalue weighted by Crippen LogP contribution is -2.47. The number of piperidine rings is 1. The second-order valence-electron chi connectivity index (χ2n) is 9.01. The number of aromatic nitrogens is 1. The first kappa shape index (κ1) is 21.7. The van der Waals surface area contributed by atoms with E-state index in [4.69, 9.17) is 9.47 Å². The van der Waals surface area contributed by atoms with E-state index in [2.05, 4.69) is 10.3 Å². The molecule has 174 valence electrons. The molecule has 5 rings (SSSR count). The number of hydrogen-bond acceptors (Lipinski definition) is 5. The summed E-state index contributed by atoms with van der Waals surface area (Å²) in [5.41, 5.74) is 2.95.